The van der Waals surface area contributed by atoms with Crippen molar-refractivity contribution in [2.45, 2.75) is 0 Å². The van der Waals surface area contributed by atoms with Gasteiger partial charge in [0.15, 0.2) is 5.82 Å². The standard InChI is InChI=1S/C42H24N4S/c1-3-19-31-25(13-1)26-14-2-4-20-32(26)39-37(31)38-40(45-33-21-9-5-15-27(33)28-16-6-10-22-34(28)45)43-42(44-41(38)47-39)46-35-23-11-7-17-29(35)30-18-8-12-24-36(30)46/h1-24H. The summed E-state index contributed by atoms with van der Waals surface area (Å²) in [6, 6.07) is 52.1. The largest absolute Gasteiger partial charge is 0.293 e. The van der Waals surface area contributed by atoms with Crippen LogP contribution in [0.3, 0.4) is 0 Å². The van der Waals surface area contributed by atoms with Gasteiger partial charge < -0.3 is 0 Å². The molecule has 7 aromatic carbocycles. The zero-order valence-electron chi connectivity index (χ0n) is 25.1. The molecule has 0 saturated carbocycles. The Kier molecular flexibility index (Phi) is 4.96. The predicted octanol–water partition coefficient (Wildman–Crippen LogP) is 11.3. The molecule has 0 saturated heterocycles. The molecule has 0 aliphatic carbocycles. The molecule has 0 aliphatic heterocycles. The lowest BCUT2D eigenvalue weighted by Crippen LogP contribution is -2.06. The van der Waals surface area contributed by atoms with Crippen LogP contribution in [0.25, 0.3) is 97.2 Å². The Morgan fingerprint density at radius 2 is 0.766 bits per heavy atom. The Hall–Kier alpha value is -6.04. The second-order valence-corrected chi connectivity index (χ2v) is 13.2. The van der Waals surface area contributed by atoms with Crippen LogP contribution in [0.1, 0.15) is 0 Å². The second-order valence-electron chi connectivity index (χ2n) is 12.2. The van der Waals surface area contributed by atoms with E-state index >= 15 is 0 Å². The van der Waals surface area contributed by atoms with Gasteiger partial charge in [-0.3, -0.25) is 9.13 Å². The number of aromatic nitrogens is 4. The first kappa shape index (κ1) is 25.2. The minimum Gasteiger partial charge on any atom is -0.293 e. The number of para-hydroxylation sites is 4. The fourth-order valence-corrected chi connectivity index (χ4v) is 9.04. The molecule has 11 rings (SSSR count). The van der Waals surface area contributed by atoms with E-state index in [1.54, 1.807) is 11.3 Å². The molecule has 0 atom stereocenters. The number of thiophene rings is 1. The Labute approximate surface area is 272 Å². The molecule has 47 heavy (non-hydrogen) atoms. The van der Waals surface area contributed by atoms with Crippen molar-refractivity contribution in [1.29, 1.82) is 0 Å². The fraction of sp³-hybridized carbons (Fsp3) is 0. The Balaban J connectivity index is 1.41. The molecule has 5 heteroatoms. The van der Waals surface area contributed by atoms with Crippen LogP contribution >= 0.6 is 11.3 Å². The van der Waals surface area contributed by atoms with E-state index in [9.17, 15) is 0 Å². The van der Waals surface area contributed by atoms with Crippen molar-refractivity contribution in [2.24, 2.45) is 0 Å². The summed E-state index contributed by atoms with van der Waals surface area (Å²) in [5.41, 5.74) is 4.45. The van der Waals surface area contributed by atoms with Gasteiger partial charge in [0.05, 0.1) is 27.5 Å². The molecule has 0 bridgehead atoms. The van der Waals surface area contributed by atoms with Crippen molar-refractivity contribution < 1.29 is 0 Å². The third kappa shape index (κ3) is 3.31. The molecule has 4 aromatic heterocycles. The number of fused-ring (bicyclic) bond motifs is 14. The summed E-state index contributed by atoms with van der Waals surface area (Å²) in [4.78, 5) is 12.1. The van der Waals surface area contributed by atoms with E-state index in [0.29, 0.717) is 5.95 Å². The molecule has 0 radical (unpaired) electrons. The maximum atomic E-state index is 5.62. The summed E-state index contributed by atoms with van der Waals surface area (Å²) in [7, 11) is 0. The topological polar surface area (TPSA) is 35.6 Å². The lowest BCUT2D eigenvalue weighted by Gasteiger charge is -2.13. The van der Waals surface area contributed by atoms with E-state index in [4.69, 9.17) is 9.97 Å². The van der Waals surface area contributed by atoms with E-state index in [2.05, 4.69) is 155 Å². The van der Waals surface area contributed by atoms with Crippen molar-refractivity contribution >= 4 is 96.8 Å². The van der Waals surface area contributed by atoms with Crippen molar-refractivity contribution in [3.8, 4) is 11.8 Å². The van der Waals surface area contributed by atoms with Gasteiger partial charge in [0, 0.05) is 37.0 Å². The van der Waals surface area contributed by atoms with Gasteiger partial charge in [-0.05, 0) is 40.4 Å². The van der Waals surface area contributed by atoms with Crippen LogP contribution < -0.4 is 0 Å². The maximum Gasteiger partial charge on any atom is 0.238 e. The van der Waals surface area contributed by atoms with Gasteiger partial charge in [0.25, 0.3) is 0 Å². The molecule has 0 N–H and O–H groups in total. The SMILES string of the molecule is c1ccc2c(c1)c1ccccc1c1c2sc2nc(-n3c4ccccc4c4ccccc43)nc(-n3c4ccccc4c4ccccc43)c21. The molecule has 0 aliphatic rings. The monoisotopic (exact) mass is 616 g/mol. The van der Waals surface area contributed by atoms with Crippen molar-refractivity contribution in [2.75, 3.05) is 0 Å². The average Bonchev–Trinajstić information content (AvgIpc) is 3.80. The highest BCUT2D eigenvalue weighted by Crippen LogP contribution is 2.46. The summed E-state index contributed by atoms with van der Waals surface area (Å²) < 4.78 is 5.84. The Morgan fingerprint density at radius 3 is 1.30 bits per heavy atom. The number of rotatable bonds is 2. The van der Waals surface area contributed by atoms with Crippen LogP contribution in [-0.2, 0) is 0 Å². The second kappa shape index (κ2) is 9.25. The maximum absolute atomic E-state index is 5.62. The van der Waals surface area contributed by atoms with Crippen molar-refractivity contribution in [1.82, 2.24) is 19.1 Å². The van der Waals surface area contributed by atoms with Gasteiger partial charge in [-0.2, -0.15) is 4.98 Å². The third-order valence-electron chi connectivity index (χ3n) is 9.75. The van der Waals surface area contributed by atoms with Crippen molar-refractivity contribution in [3.63, 3.8) is 0 Å². The third-order valence-corrected chi connectivity index (χ3v) is 10.9. The van der Waals surface area contributed by atoms with Crippen LogP contribution in [0.5, 0.6) is 0 Å². The van der Waals surface area contributed by atoms with E-state index in [-0.39, 0.29) is 0 Å². The first-order valence-corrected chi connectivity index (χ1v) is 16.7. The summed E-state index contributed by atoms with van der Waals surface area (Å²) in [6.07, 6.45) is 0. The molecule has 0 amide bonds. The predicted molar refractivity (Wildman–Crippen MR) is 199 cm³/mol. The Morgan fingerprint density at radius 1 is 0.362 bits per heavy atom. The average molecular weight is 617 g/mol. The number of hydrogen-bond donors (Lipinski definition) is 0. The molecule has 4 heterocycles. The molecule has 11 aromatic rings. The van der Waals surface area contributed by atoms with Crippen LogP contribution in [0, 0.1) is 0 Å². The molecule has 4 nitrogen and oxygen atoms in total. The first-order valence-electron chi connectivity index (χ1n) is 15.9. The van der Waals surface area contributed by atoms with Gasteiger partial charge in [-0.1, -0.05) is 121 Å². The number of benzene rings is 7. The fourth-order valence-electron chi connectivity index (χ4n) is 7.82. The van der Waals surface area contributed by atoms with Crippen molar-refractivity contribution in [3.05, 3.63) is 146 Å². The lowest BCUT2D eigenvalue weighted by molar-refractivity contribution is 0.977. The highest BCUT2D eigenvalue weighted by Gasteiger charge is 2.24. The summed E-state index contributed by atoms with van der Waals surface area (Å²) in [5.74, 6) is 1.57. The first-order chi connectivity index (χ1) is 23.3. The quantitative estimate of drug-likeness (QED) is 0.181. The molecular weight excluding hydrogens is 593 g/mol. The number of nitrogens with zero attached hydrogens (tertiary/aromatic N) is 4. The summed E-state index contributed by atoms with van der Waals surface area (Å²) in [5, 5.41) is 12.1. The van der Waals surface area contributed by atoms with Crippen LogP contribution in [-0.4, -0.2) is 19.1 Å². The highest BCUT2D eigenvalue weighted by molar-refractivity contribution is 7.26. The van der Waals surface area contributed by atoms with Gasteiger partial charge in [-0.15, -0.1) is 11.3 Å². The van der Waals surface area contributed by atoms with Gasteiger partial charge >= 0.3 is 0 Å². The normalized spacial score (nSPS) is 12.3. The number of hydrogen-bond acceptors (Lipinski definition) is 3. The smallest absolute Gasteiger partial charge is 0.238 e. The Bertz CT molecular complexity index is 2980. The molecule has 218 valence electrons. The van der Waals surface area contributed by atoms with Crippen LogP contribution in [0.15, 0.2) is 146 Å². The van der Waals surface area contributed by atoms with E-state index in [1.807, 2.05) is 0 Å². The minimum atomic E-state index is 0.673. The van der Waals surface area contributed by atoms with Gasteiger partial charge in [-0.25, -0.2) is 4.98 Å². The van der Waals surface area contributed by atoms with Crippen LogP contribution in [0.4, 0.5) is 0 Å². The molecule has 0 spiro atoms. The van der Waals surface area contributed by atoms with E-state index in [0.717, 1.165) is 38.1 Å². The molecule has 0 fully saturated rings. The van der Waals surface area contributed by atoms with Crippen LogP contribution in [0.2, 0.25) is 0 Å². The van der Waals surface area contributed by atoms with E-state index in [1.165, 1.54) is 53.2 Å². The molecule has 0 unspecified atom stereocenters. The zero-order valence-corrected chi connectivity index (χ0v) is 25.9. The summed E-state index contributed by atoms with van der Waals surface area (Å²) in [6.45, 7) is 0. The molecular formula is C42H24N4S. The minimum absolute atomic E-state index is 0.673. The highest BCUT2D eigenvalue weighted by atomic mass is 32.1. The van der Waals surface area contributed by atoms with Gasteiger partial charge in [0.1, 0.15) is 4.83 Å². The summed E-state index contributed by atoms with van der Waals surface area (Å²) >= 11 is 1.77. The lowest BCUT2D eigenvalue weighted by atomic mass is 9.97. The van der Waals surface area contributed by atoms with Gasteiger partial charge in [0.2, 0.25) is 5.95 Å². The zero-order chi connectivity index (χ0) is 30.6. The van der Waals surface area contributed by atoms with E-state index < -0.39 is 0 Å².